The van der Waals surface area contributed by atoms with E-state index in [2.05, 4.69) is 10.3 Å². The lowest BCUT2D eigenvalue weighted by Gasteiger charge is -2.01. The van der Waals surface area contributed by atoms with Gasteiger partial charge in [-0.1, -0.05) is 11.6 Å². The maximum atomic E-state index is 10.2. The van der Waals surface area contributed by atoms with Crippen LogP contribution in [0.3, 0.4) is 0 Å². The molecule has 0 aliphatic carbocycles. The first kappa shape index (κ1) is 8.80. The maximum Gasteiger partial charge on any atom is 0.409 e. The summed E-state index contributed by atoms with van der Waals surface area (Å²) in [6, 6.07) is 3.04. The van der Waals surface area contributed by atoms with E-state index in [4.69, 9.17) is 16.7 Å². The molecule has 5 heteroatoms. The number of hydrogen-bond acceptors (Lipinski definition) is 2. The van der Waals surface area contributed by atoms with E-state index in [0.717, 1.165) is 0 Å². The van der Waals surface area contributed by atoms with Gasteiger partial charge in [-0.25, -0.2) is 9.78 Å². The number of anilines is 1. The number of carbonyl (C=O) groups is 1. The van der Waals surface area contributed by atoms with Gasteiger partial charge in [0.2, 0.25) is 0 Å². The van der Waals surface area contributed by atoms with Crippen molar-refractivity contribution in [2.75, 3.05) is 5.32 Å². The fourth-order valence-corrected chi connectivity index (χ4v) is 1.07. The van der Waals surface area contributed by atoms with Gasteiger partial charge in [-0.3, -0.25) is 5.32 Å². The predicted octanol–water partition coefficient (Wildman–Crippen LogP) is 2.13. The van der Waals surface area contributed by atoms with Crippen molar-refractivity contribution >= 4 is 23.4 Å². The molecule has 64 valence electrons. The molecule has 0 atom stereocenters. The van der Waals surface area contributed by atoms with Crippen LogP contribution in [-0.2, 0) is 0 Å². The number of amides is 1. The van der Waals surface area contributed by atoms with Gasteiger partial charge in [0.05, 0.1) is 0 Å². The highest BCUT2D eigenvalue weighted by molar-refractivity contribution is 6.29. The molecular weight excluding hydrogens is 180 g/mol. The molecule has 0 saturated carbocycles. The number of carboxylic acid groups (broad SMARTS) is 1. The van der Waals surface area contributed by atoms with Crippen LogP contribution in [0.1, 0.15) is 5.69 Å². The van der Waals surface area contributed by atoms with Crippen molar-refractivity contribution in [3.05, 3.63) is 23.0 Å². The summed E-state index contributed by atoms with van der Waals surface area (Å²) in [7, 11) is 0. The van der Waals surface area contributed by atoms with Crippen LogP contribution < -0.4 is 5.32 Å². The molecule has 1 rings (SSSR count). The lowest BCUT2D eigenvalue weighted by Crippen LogP contribution is -2.07. The molecule has 0 spiro atoms. The van der Waals surface area contributed by atoms with Gasteiger partial charge in [0.25, 0.3) is 0 Å². The van der Waals surface area contributed by atoms with Gasteiger partial charge in [0.15, 0.2) is 0 Å². The van der Waals surface area contributed by atoms with E-state index in [9.17, 15) is 4.79 Å². The average molecular weight is 187 g/mol. The molecule has 0 saturated heterocycles. The van der Waals surface area contributed by atoms with Crippen molar-refractivity contribution in [3.8, 4) is 0 Å². The normalized spacial score (nSPS) is 9.50. The third-order valence-electron chi connectivity index (χ3n) is 1.17. The summed E-state index contributed by atoms with van der Waals surface area (Å²) in [5.41, 5.74) is 1.10. The second-order valence-electron chi connectivity index (χ2n) is 2.25. The minimum absolute atomic E-state index is 0.277. The molecule has 12 heavy (non-hydrogen) atoms. The quantitative estimate of drug-likeness (QED) is 0.661. The first-order valence-corrected chi connectivity index (χ1v) is 3.60. The Morgan fingerprint density at radius 3 is 2.83 bits per heavy atom. The predicted molar refractivity (Wildman–Crippen MR) is 45.6 cm³/mol. The monoisotopic (exact) mass is 186 g/mol. The van der Waals surface area contributed by atoms with E-state index in [-0.39, 0.29) is 5.15 Å². The Kier molecular flexibility index (Phi) is 2.50. The molecule has 1 aromatic rings. The van der Waals surface area contributed by atoms with E-state index in [1.54, 1.807) is 13.0 Å². The topological polar surface area (TPSA) is 62.2 Å². The zero-order valence-electron chi connectivity index (χ0n) is 6.34. The molecule has 0 fully saturated rings. The molecule has 0 aliphatic rings. The van der Waals surface area contributed by atoms with Gasteiger partial charge in [0.1, 0.15) is 5.15 Å². The van der Waals surface area contributed by atoms with Crippen LogP contribution in [0.4, 0.5) is 10.5 Å². The number of rotatable bonds is 1. The molecule has 0 radical (unpaired) electrons. The van der Waals surface area contributed by atoms with Crippen molar-refractivity contribution in [3.63, 3.8) is 0 Å². The van der Waals surface area contributed by atoms with E-state index < -0.39 is 6.09 Å². The van der Waals surface area contributed by atoms with E-state index >= 15 is 0 Å². The molecule has 2 N–H and O–H groups in total. The summed E-state index contributed by atoms with van der Waals surface area (Å²) < 4.78 is 0. The van der Waals surface area contributed by atoms with Crippen LogP contribution in [-0.4, -0.2) is 16.2 Å². The van der Waals surface area contributed by atoms with Gasteiger partial charge in [-0.2, -0.15) is 0 Å². The summed E-state index contributed by atoms with van der Waals surface area (Å²) in [5.74, 6) is 0. The molecule has 1 heterocycles. The summed E-state index contributed by atoms with van der Waals surface area (Å²) >= 11 is 5.59. The minimum atomic E-state index is -1.11. The fraction of sp³-hybridized carbons (Fsp3) is 0.143. The van der Waals surface area contributed by atoms with Crippen LogP contribution >= 0.6 is 11.6 Å². The SMILES string of the molecule is Cc1cc(NC(=O)O)cc(Cl)n1. The average Bonchev–Trinajstić information content (AvgIpc) is 1.81. The van der Waals surface area contributed by atoms with Crippen LogP contribution in [0.2, 0.25) is 5.15 Å². The lowest BCUT2D eigenvalue weighted by molar-refractivity contribution is 0.210. The number of halogens is 1. The second-order valence-corrected chi connectivity index (χ2v) is 2.64. The van der Waals surface area contributed by atoms with Gasteiger partial charge in [0, 0.05) is 11.4 Å². The standard InChI is InChI=1S/C7H7ClN2O2/c1-4-2-5(10-7(11)12)3-6(8)9-4/h2-3H,1H3,(H,9,10)(H,11,12). The number of nitrogens with one attached hydrogen (secondary N) is 1. The largest absolute Gasteiger partial charge is 0.465 e. The molecular formula is C7H7ClN2O2. The van der Waals surface area contributed by atoms with Crippen LogP contribution in [0, 0.1) is 6.92 Å². The fourth-order valence-electron chi connectivity index (χ4n) is 0.824. The van der Waals surface area contributed by atoms with Crippen molar-refractivity contribution in [2.24, 2.45) is 0 Å². The van der Waals surface area contributed by atoms with E-state index in [1.165, 1.54) is 6.07 Å². The Morgan fingerprint density at radius 2 is 2.33 bits per heavy atom. The number of aromatic nitrogens is 1. The van der Waals surface area contributed by atoms with Gasteiger partial charge in [-0.05, 0) is 19.1 Å². The van der Waals surface area contributed by atoms with Crippen LogP contribution in [0.25, 0.3) is 0 Å². The number of aryl methyl sites for hydroxylation is 1. The van der Waals surface area contributed by atoms with Crippen molar-refractivity contribution in [2.45, 2.75) is 6.92 Å². The summed E-state index contributed by atoms with van der Waals surface area (Å²) in [6.07, 6.45) is -1.11. The number of hydrogen-bond donors (Lipinski definition) is 2. The third-order valence-corrected chi connectivity index (χ3v) is 1.37. The smallest absolute Gasteiger partial charge is 0.409 e. The highest BCUT2D eigenvalue weighted by Gasteiger charge is 2.00. The van der Waals surface area contributed by atoms with Crippen LogP contribution in [0.5, 0.6) is 0 Å². The Balaban J connectivity index is 2.93. The Morgan fingerprint density at radius 1 is 1.67 bits per heavy atom. The van der Waals surface area contributed by atoms with E-state index in [0.29, 0.717) is 11.4 Å². The van der Waals surface area contributed by atoms with Crippen LogP contribution in [0.15, 0.2) is 12.1 Å². The number of pyridine rings is 1. The van der Waals surface area contributed by atoms with Gasteiger partial charge >= 0.3 is 6.09 Å². The first-order valence-electron chi connectivity index (χ1n) is 3.22. The summed E-state index contributed by atoms with van der Waals surface area (Å²) in [6.45, 7) is 1.74. The molecule has 1 amide bonds. The Hall–Kier alpha value is -1.29. The summed E-state index contributed by atoms with van der Waals surface area (Å²) in [5, 5.41) is 10.8. The van der Waals surface area contributed by atoms with Crippen molar-refractivity contribution in [1.82, 2.24) is 4.98 Å². The lowest BCUT2D eigenvalue weighted by atomic mass is 10.3. The van der Waals surface area contributed by atoms with Crippen molar-refractivity contribution < 1.29 is 9.90 Å². The number of nitrogens with zero attached hydrogens (tertiary/aromatic N) is 1. The highest BCUT2D eigenvalue weighted by atomic mass is 35.5. The summed E-state index contributed by atoms with van der Waals surface area (Å²) in [4.78, 5) is 14.1. The zero-order chi connectivity index (χ0) is 9.14. The molecule has 0 bridgehead atoms. The third kappa shape index (κ3) is 2.39. The molecule has 0 aromatic carbocycles. The second kappa shape index (κ2) is 3.40. The van der Waals surface area contributed by atoms with Gasteiger partial charge in [-0.15, -0.1) is 0 Å². The van der Waals surface area contributed by atoms with E-state index in [1.807, 2.05) is 0 Å². The van der Waals surface area contributed by atoms with Gasteiger partial charge < -0.3 is 5.11 Å². The first-order chi connectivity index (χ1) is 5.58. The maximum absolute atomic E-state index is 10.2. The Labute approximate surface area is 74.2 Å². The minimum Gasteiger partial charge on any atom is -0.465 e. The molecule has 0 unspecified atom stereocenters. The Bertz CT molecular complexity index is 294. The molecule has 0 aliphatic heterocycles. The molecule has 1 aromatic heterocycles. The zero-order valence-corrected chi connectivity index (χ0v) is 7.09. The van der Waals surface area contributed by atoms with Crippen molar-refractivity contribution in [1.29, 1.82) is 0 Å². The molecule has 4 nitrogen and oxygen atoms in total. The highest BCUT2D eigenvalue weighted by Crippen LogP contribution is 2.14.